The van der Waals surface area contributed by atoms with E-state index in [9.17, 15) is 9.59 Å². The Morgan fingerprint density at radius 1 is 1.00 bits per heavy atom. The quantitative estimate of drug-likeness (QED) is 0.214. The maximum atomic E-state index is 12.6. The molecular weight excluding hydrogens is 583 g/mol. The van der Waals surface area contributed by atoms with Crippen LogP contribution in [0.1, 0.15) is 44.2 Å². The molecule has 10 heteroatoms. The molecule has 0 aliphatic heterocycles. The van der Waals surface area contributed by atoms with Gasteiger partial charge < -0.3 is 14.8 Å². The van der Waals surface area contributed by atoms with E-state index in [-0.39, 0.29) is 36.0 Å². The number of hydrogen-bond donors (Lipinski definition) is 2. The zero-order valence-corrected chi connectivity index (χ0v) is 23.3. The van der Waals surface area contributed by atoms with E-state index in [1.165, 1.54) is 0 Å². The number of amides is 1. The average Bonchev–Trinajstić information content (AvgIpc) is 3.20. The molecule has 0 bridgehead atoms. The van der Waals surface area contributed by atoms with Crippen LogP contribution in [0.15, 0.2) is 57.4 Å². The number of hydrogen-bond acceptors (Lipinski definition) is 5. The number of benzene rings is 2. The molecular formula is C27H23BrCl2N2O5. The van der Waals surface area contributed by atoms with Gasteiger partial charge in [-0.15, -0.1) is 0 Å². The summed E-state index contributed by atoms with van der Waals surface area (Å²) in [5.41, 5.74) is 3.46. The Labute approximate surface area is 231 Å². The topological polar surface area (TPSA) is 110 Å². The molecule has 2 N–H and O–H groups in total. The fraction of sp³-hybridized carbons (Fsp3) is 0.185. The van der Waals surface area contributed by atoms with Crippen molar-refractivity contribution >= 4 is 73.6 Å². The zero-order valence-electron chi connectivity index (χ0n) is 20.2. The minimum atomic E-state index is -0.833. The number of Topliss-reactive ketones (excluding diaryl/α,β-unsaturated/α-hetero) is 1. The second kappa shape index (κ2) is 12.4. The number of halogens is 3. The summed E-state index contributed by atoms with van der Waals surface area (Å²) in [6.45, 7) is 4.56. The molecule has 0 saturated carbocycles. The van der Waals surface area contributed by atoms with E-state index in [1.54, 1.807) is 32.0 Å². The number of rotatable bonds is 6. The summed E-state index contributed by atoms with van der Waals surface area (Å²) in [5, 5.41) is 11.9. The summed E-state index contributed by atoms with van der Waals surface area (Å²) in [7, 11) is 0. The smallest absolute Gasteiger partial charge is 0.300 e. The van der Waals surface area contributed by atoms with E-state index < -0.39 is 5.97 Å². The normalized spacial score (nSPS) is 10.5. The van der Waals surface area contributed by atoms with Crippen molar-refractivity contribution in [2.24, 2.45) is 0 Å². The highest BCUT2D eigenvalue weighted by Crippen LogP contribution is 2.41. The van der Waals surface area contributed by atoms with Gasteiger partial charge in [0.15, 0.2) is 11.5 Å². The number of nitrogens with zero attached hydrogens (tertiary/aromatic N) is 1. The molecule has 0 saturated heterocycles. The number of aromatic nitrogens is 1. The lowest BCUT2D eigenvalue weighted by Crippen LogP contribution is -2.12. The number of carbonyl (C=O) groups is 3. The molecule has 0 spiro atoms. The van der Waals surface area contributed by atoms with Crippen LogP contribution in [0.2, 0.25) is 10.0 Å². The summed E-state index contributed by atoms with van der Waals surface area (Å²) in [6.07, 6.45) is 0.487. The van der Waals surface area contributed by atoms with Crippen molar-refractivity contribution in [2.75, 3.05) is 5.32 Å². The highest BCUT2D eigenvalue weighted by Gasteiger charge is 2.24. The molecule has 2 aromatic heterocycles. The molecule has 0 aliphatic rings. The van der Waals surface area contributed by atoms with Crippen molar-refractivity contribution in [1.82, 2.24) is 4.98 Å². The van der Waals surface area contributed by atoms with Gasteiger partial charge in [0, 0.05) is 40.4 Å². The predicted molar refractivity (Wildman–Crippen MR) is 149 cm³/mol. The molecule has 192 valence electrons. The molecule has 4 aromatic rings. The number of furan rings is 1. The first kappa shape index (κ1) is 28.4. The fourth-order valence-electron chi connectivity index (χ4n) is 3.47. The third kappa shape index (κ3) is 6.77. The Morgan fingerprint density at radius 2 is 1.65 bits per heavy atom. The van der Waals surface area contributed by atoms with Crippen LogP contribution < -0.4 is 5.32 Å². The molecule has 2 aromatic carbocycles. The van der Waals surface area contributed by atoms with Crippen molar-refractivity contribution < 1.29 is 23.9 Å². The van der Waals surface area contributed by atoms with E-state index in [0.717, 1.165) is 22.5 Å². The zero-order chi connectivity index (χ0) is 27.3. The van der Waals surface area contributed by atoms with Gasteiger partial charge in [-0.25, -0.2) is 4.98 Å². The van der Waals surface area contributed by atoms with Crippen molar-refractivity contribution in [3.05, 3.63) is 68.8 Å². The van der Waals surface area contributed by atoms with Gasteiger partial charge in [-0.1, -0.05) is 71.2 Å². The molecule has 2 heterocycles. The predicted octanol–water partition coefficient (Wildman–Crippen LogP) is 8.26. The Hall–Kier alpha value is -3.20. The lowest BCUT2D eigenvalue weighted by molar-refractivity contribution is -0.134. The first-order valence-corrected chi connectivity index (χ1v) is 12.8. The Morgan fingerprint density at radius 3 is 2.22 bits per heavy atom. The number of carboxylic acid groups (broad SMARTS) is 1. The van der Waals surface area contributed by atoms with Gasteiger partial charge in [-0.05, 0) is 35.9 Å². The number of ketones is 1. The van der Waals surface area contributed by atoms with Crippen LogP contribution in [-0.4, -0.2) is 27.8 Å². The maximum absolute atomic E-state index is 12.6. The number of carbonyl (C=O) groups excluding carboxylic acids is 2. The van der Waals surface area contributed by atoms with E-state index in [1.807, 2.05) is 30.3 Å². The Kier molecular flexibility index (Phi) is 9.48. The van der Waals surface area contributed by atoms with Crippen molar-refractivity contribution in [3.8, 4) is 22.4 Å². The van der Waals surface area contributed by atoms with E-state index in [0.29, 0.717) is 32.4 Å². The third-order valence-corrected chi connectivity index (χ3v) is 6.24. The highest BCUT2D eigenvalue weighted by atomic mass is 79.9. The van der Waals surface area contributed by atoms with Gasteiger partial charge in [0.05, 0.1) is 16.1 Å². The average molecular weight is 606 g/mol. The second-order valence-electron chi connectivity index (χ2n) is 7.87. The fourth-order valence-corrected chi connectivity index (χ4v) is 4.36. The molecule has 1 amide bonds. The minimum Gasteiger partial charge on any atom is -0.481 e. The number of nitrogens with one attached hydrogen (secondary N) is 1. The van der Waals surface area contributed by atoms with Gasteiger partial charge in [0.25, 0.3) is 5.97 Å². The molecule has 37 heavy (non-hydrogen) atoms. The first-order valence-electron chi connectivity index (χ1n) is 11.3. The van der Waals surface area contributed by atoms with Crippen LogP contribution >= 0.6 is 39.1 Å². The molecule has 0 radical (unpaired) electrons. The first-order chi connectivity index (χ1) is 17.5. The van der Waals surface area contributed by atoms with Crippen LogP contribution in [-0.2, 0) is 9.59 Å². The molecule has 0 atom stereocenters. The maximum Gasteiger partial charge on any atom is 0.300 e. The summed E-state index contributed by atoms with van der Waals surface area (Å²) in [4.78, 5) is 38.6. The highest BCUT2D eigenvalue weighted by molar-refractivity contribution is 9.10. The number of carboxylic acids is 1. The molecule has 0 unspecified atom stereocenters. The van der Waals surface area contributed by atoms with E-state index in [2.05, 4.69) is 21.2 Å². The SMILES string of the molecule is CC(=O)O.CCC(=O)Nc1c(C(=O)CC)oc2nc(-c3ccc(Br)cc3Cl)c(-c3ccc(Cl)cc3)cc12. The number of aliphatic carboxylic acids is 1. The molecule has 0 fully saturated rings. The minimum absolute atomic E-state index is 0.0860. The summed E-state index contributed by atoms with van der Waals surface area (Å²) < 4.78 is 6.72. The standard InChI is InChI=1S/C25H19BrCl2N2O3.C2H4O2/c1-3-20(31)24-23(29-21(32)4-2)18-12-17(13-5-8-15(27)9-6-13)22(30-25(18)33-24)16-10-7-14(26)11-19(16)28;1-2(3)4/h5-12H,3-4H2,1-2H3,(H,29,32);1H3,(H,3,4). The molecule has 4 rings (SSSR count). The van der Waals surface area contributed by atoms with Crippen LogP contribution in [0.5, 0.6) is 0 Å². The number of fused-ring (bicyclic) bond motifs is 1. The molecule has 0 aliphatic carbocycles. The third-order valence-electron chi connectivity index (χ3n) is 5.18. The summed E-state index contributed by atoms with van der Waals surface area (Å²) in [5.74, 6) is -1.20. The van der Waals surface area contributed by atoms with Gasteiger partial charge in [-0.2, -0.15) is 0 Å². The monoisotopic (exact) mass is 604 g/mol. The van der Waals surface area contributed by atoms with Crippen molar-refractivity contribution in [3.63, 3.8) is 0 Å². The van der Waals surface area contributed by atoms with Crippen LogP contribution in [0.25, 0.3) is 33.5 Å². The van der Waals surface area contributed by atoms with Crippen molar-refractivity contribution in [1.29, 1.82) is 0 Å². The van der Waals surface area contributed by atoms with Crippen LogP contribution in [0.3, 0.4) is 0 Å². The van der Waals surface area contributed by atoms with Gasteiger partial charge in [0.1, 0.15) is 5.69 Å². The summed E-state index contributed by atoms with van der Waals surface area (Å²) in [6, 6.07) is 14.7. The van der Waals surface area contributed by atoms with E-state index in [4.69, 9.17) is 42.5 Å². The molecule has 7 nitrogen and oxygen atoms in total. The van der Waals surface area contributed by atoms with E-state index >= 15 is 0 Å². The second-order valence-corrected chi connectivity index (χ2v) is 9.63. The summed E-state index contributed by atoms with van der Waals surface area (Å²) >= 11 is 16.1. The van der Waals surface area contributed by atoms with Crippen molar-refractivity contribution in [2.45, 2.75) is 33.6 Å². The Bertz CT molecular complexity index is 1480. The largest absolute Gasteiger partial charge is 0.481 e. The van der Waals surface area contributed by atoms with Gasteiger partial charge in [-0.3, -0.25) is 14.4 Å². The lowest BCUT2D eigenvalue weighted by atomic mass is 9.98. The van der Waals surface area contributed by atoms with Crippen LogP contribution in [0.4, 0.5) is 5.69 Å². The number of pyridine rings is 1. The number of anilines is 1. The van der Waals surface area contributed by atoms with Crippen LogP contribution in [0, 0.1) is 0 Å². The Balaban J connectivity index is 0.000000886. The van der Waals surface area contributed by atoms with Gasteiger partial charge in [0.2, 0.25) is 11.6 Å². The van der Waals surface area contributed by atoms with Gasteiger partial charge >= 0.3 is 0 Å². The lowest BCUT2D eigenvalue weighted by Gasteiger charge is -2.12.